The van der Waals surface area contributed by atoms with Crippen molar-refractivity contribution in [1.29, 1.82) is 0 Å². The molecule has 0 unspecified atom stereocenters. The highest BCUT2D eigenvalue weighted by atomic mass is 16.6. The van der Waals surface area contributed by atoms with E-state index in [9.17, 15) is 4.79 Å². The molecular weight excluding hydrogens is 290 g/mol. The molecule has 0 aliphatic carbocycles. The number of amides is 1. The van der Waals surface area contributed by atoms with E-state index >= 15 is 0 Å². The molecule has 0 radical (unpaired) electrons. The number of fused-ring (bicyclic) bond motifs is 1. The van der Waals surface area contributed by atoms with Crippen molar-refractivity contribution in [2.45, 2.75) is 39.3 Å². The number of aromatic nitrogens is 2. The van der Waals surface area contributed by atoms with E-state index in [0.29, 0.717) is 13.1 Å². The van der Waals surface area contributed by atoms with Crippen LogP contribution in [0.4, 0.5) is 4.79 Å². The van der Waals surface area contributed by atoms with Gasteiger partial charge in [0.1, 0.15) is 11.4 Å². The summed E-state index contributed by atoms with van der Waals surface area (Å²) in [4.78, 5) is 18.4. The van der Waals surface area contributed by atoms with Gasteiger partial charge in [0.05, 0.1) is 0 Å². The zero-order valence-electron chi connectivity index (χ0n) is 14.2. The lowest BCUT2D eigenvalue weighted by Gasteiger charge is -2.31. The Morgan fingerprint density at radius 2 is 2.04 bits per heavy atom. The number of carbonyl (C=O) groups is 1. The molecular formula is C18H23N3O2. The van der Waals surface area contributed by atoms with Crippen molar-refractivity contribution in [3.63, 3.8) is 0 Å². The van der Waals surface area contributed by atoms with Crippen molar-refractivity contribution >= 4 is 6.09 Å². The van der Waals surface area contributed by atoms with Gasteiger partial charge in [0.25, 0.3) is 0 Å². The molecule has 2 heterocycles. The van der Waals surface area contributed by atoms with Crippen LogP contribution in [0.5, 0.6) is 0 Å². The monoisotopic (exact) mass is 313 g/mol. The number of hydrogen-bond donors (Lipinski definition) is 0. The van der Waals surface area contributed by atoms with E-state index in [-0.39, 0.29) is 6.09 Å². The fourth-order valence-electron chi connectivity index (χ4n) is 2.82. The van der Waals surface area contributed by atoms with Crippen LogP contribution in [0.2, 0.25) is 0 Å². The van der Waals surface area contributed by atoms with E-state index in [0.717, 1.165) is 17.8 Å². The van der Waals surface area contributed by atoms with Gasteiger partial charge in [0, 0.05) is 38.1 Å². The smallest absolute Gasteiger partial charge is 0.410 e. The summed E-state index contributed by atoms with van der Waals surface area (Å²) in [6.45, 7) is 6.96. The van der Waals surface area contributed by atoms with Gasteiger partial charge in [-0.15, -0.1) is 0 Å². The standard InChI is InChI=1S/C18H23N3O2/c1-18(2,3)23-17(22)21-9-7-13-11-14(5-6-15(13)12-21)16-19-8-10-20(16)4/h5-6,8,10-11H,7,9,12H2,1-4H3. The first-order chi connectivity index (χ1) is 10.8. The van der Waals surface area contributed by atoms with E-state index in [1.165, 1.54) is 11.1 Å². The second-order valence-corrected chi connectivity index (χ2v) is 7.00. The Morgan fingerprint density at radius 3 is 2.70 bits per heavy atom. The molecule has 5 nitrogen and oxygen atoms in total. The topological polar surface area (TPSA) is 47.4 Å². The summed E-state index contributed by atoms with van der Waals surface area (Å²) in [5.41, 5.74) is 3.12. The van der Waals surface area contributed by atoms with Gasteiger partial charge in [-0.2, -0.15) is 0 Å². The van der Waals surface area contributed by atoms with Gasteiger partial charge in [0.15, 0.2) is 0 Å². The van der Waals surface area contributed by atoms with Gasteiger partial charge >= 0.3 is 6.09 Å². The van der Waals surface area contributed by atoms with Gasteiger partial charge in [-0.3, -0.25) is 0 Å². The molecule has 0 atom stereocenters. The molecule has 1 aromatic heterocycles. The fourth-order valence-corrected chi connectivity index (χ4v) is 2.82. The summed E-state index contributed by atoms with van der Waals surface area (Å²) in [6.07, 6.45) is 4.35. The van der Waals surface area contributed by atoms with Crippen LogP contribution in [-0.4, -0.2) is 32.7 Å². The fraction of sp³-hybridized carbons (Fsp3) is 0.444. The zero-order chi connectivity index (χ0) is 16.6. The maximum absolute atomic E-state index is 12.2. The quantitative estimate of drug-likeness (QED) is 0.811. The largest absolute Gasteiger partial charge is 0.444 e. The number of imidazole rings is 1. The zero-order valence-corrected chi connectivity index (χ0v) is 14.2. The summed E-state index contributed by atoms with van der Waals surface area (Å²) in [7, 11) is 1.99. The van der Waals surface area contributed by atoms with Crippen molar-refractivity contribution in [1.82, 2.24) is 14.5 Å². The van der Waals surface area contributed by atoms with Gasteiger partial charge in [-0.25, -0.2) is 9.78 Å². The first kappa shape index (κ1) is 15.6. The average molecular weight is 313 g/mol. The predicted molar refractivity (Wildman–Crippen MR) is 89.0 cm³/mol. The third-order valence-electron chi connectivity index (χ3n) is 3.95. The van der Waals surface area contributed by atoms with Crippen LogP contribution in [-0.2, 0) is 24.8 Å². The van der Waals surface area contributed by atoms with Crippen molar-refractivity contribution in [3.05, 3.63) is 41.7 Å². The van der Waals surface area contributed by atoms with Crippen LogP contribution in [0.1, 0.15) is 31.9 Å². The SMILES string of the molecule is Cn1ccnc1-c1ccc2c(c1)CCN(C(=O)OC(C)(C)C)C2. The number of benzene rings is 1. The number of nitrogens with zero attached hydrogens (tertiary/aromatic N) is 3. The maximum Gasteiger partial charge on any atom is 0.410 e. The molecule has 1 aliphatic heterocycles. The van der Waals surface area contributed by atoms with Gasteiger partial charge in [-0.1, -0.05) is 12.1 Å². The van der Waals surface area contributed by atoms with Crippen molar-refractivity contribution in [2.75, 3.05) is 6.54 Å². The Bertz CT molecular complexity index is 728. The minimum absolute atomic E-state index is 0.240. The lowest BCUT2D eigenvalue weighted by molar-refractivity contribution is 0.0224. The molecule has 0 saturated heterocycles. The Kier molecular flexibility index (Phi) is 3.88. The Morgan fingerprint density at radius 1 is 1.26 bits per heavy atom. The molecule has 23 heavy (non-hydrogen) atoms. The van der Waals surface area contributed by atoms with Gasteiger partial charge in [-0.05, 0) is 44.4 Å². The molecule has 1 aliphatic rings. The van der Waals surface area contributed by atoms with Gasteiger partial charge < -0.3 is 14.2 Å². The van der Waals surface area contributed by atoms with E-state index in [1.54, 1.807) is 11.1 Å². The molecule has 0 bridgehead atoms. The van der Waals surface area contributed by atoms with E-state index in [2.05, 4.69) is 23.2 Å². The van der Waals surface area contributed by atoms with Crippen LogP contribution in [0.25, 0.3) is 11.4 Å². The number of carbonyl (C=O) groups excluding carboxylic acids is 1. The molecule has 122 valence electrons. The van der Waals surface area contributed by atoms with Crippen molar-refractivity contribution in [3.8, 4) is 11.4 Å². The van der Waals surface area contributed by atoms with Crippen LogP contribution in [0.15, 0.2) is 30.6 Å². The second-order valence-electron chi connectivity index (χ2n) is 7.00. The second kappa shape index (κ2) is 5.72. The van der Waals surface area contributed by atoms with Crippen LogP contribution in [0.3, 0.4) is 0 Å². The van der Waals surface area contributed by atoms with Gasteiger partial charge in [0.2, 0.25) is 0 Å². The number of aryl methyl sites for hydroxylation is 1. The predicted octanol–water partition coefficient (Wildman–Crippen LogP) is 3.38. The highest BCUT2D eigenvalue weighted by Crippen LogP contribution is 2.26. The van der Waals surface area contributed by atoms with Crippen LogP contribution < -0.4 is 0 Å². The molecule has 0 saturated carbocycles. The molecule has 2 aromatic rings. The molecule has 0 spiro atoms. The Balaban J connectivity index is 1.78. The summed E-state index contributed by atoms with van der Waals surface area (Å²) in [5, 5.41) is 0. The van der Waals surface area contributed by atoms with Crippen molar-refractivity contribution in [2.24, 2.45) is 7.05 Å². The number of rotatable bonds is 1. The van der Waals surface area contributed by atoms with E-state index < -0.39 is 5.60 Å². The van der Waals surface area contributed by atoms with Crippen LogP contribution in [0, 0.1) is 0 Å². The molecule has 1 aromatic carbocycles. The van der Waals surface area contributed by atoms with Crippen LogP contribution >= 0.6 is 0 Å². The average Bonchev–Trinajstić information content (AvgIpc) is 2.90. The summed E-state index contributed by atoms with van der Waals surface area (Å²) < 4.78 is 7.48. The highest BCUT2D eigenvalue weighted by Gasteiger charge is 2.25. The minimum Gasteiger partial charge on any atom is -0.444 e. The third kappa shape index (κ3) is 3.38. The lowest BCUT2D eigenvalue weighted by Crippen LogP contribution is -2.39. The molecule has 0 fully saturated rings. The maximum atomic E-state index is 12.2. The Labute approximate surface area is 136 Å². The molecule has 0 N–H and O–H groups in total. The summed E-state index contributed by atoms with van der Waals surface area (Å²) >= 11 is 0. The number of ether oxygens (including phenoxy) is 1. The first-order valence-corrected chi connectivity index (χ1v) is 7.91. The highest BCUT2D eigenvalue weighted by molar-refractivity contribution is 5.69. The first-order valence-electron chi connectivity index (χ1n) is 7.91. The normalized spacial score (nSPS) is 14.5. The summed E-state index contributed by atoms with van der Waals surface area (Å²) in [6, 6.07) is 6.35. The third-order valence-corrected chi connectivity index (χ3v) is 3.95. The molecule has 1 amide bonds. The van der Waals surface area contributed by atoms with Crippen molar-refractivity contribution < 1.29 is 9.53 Å². The Hall–Kier alpha value is -2.30. The van der Waals surface area contributed by atoms with E-state index in [4.69, 9.17) is 4.74 Å². The number of hydrogen-bond acceptors (Lipinski definition) is 3. The summed E-state index contributed by atoms with van der Waals surface area (Å²) in [5.74, 6) is 0.961. The van der Waals surface area contributed by atoms with E-state index in [1.807, 2.05) is 38.6 Å². The molecule has 5 heteroatoms. The molecule has 3 rings (SSSR count). The minimum atomic E-state index is -0.459. The lowest BCUT2D eigenvalue weighted by atomic mass is 9.97.